The molecule has 0 saturated carbocycles. The first-order valence-corrected chi connectivity index (χ1v) is 6.93. The Morgan fingerprint density at radius 1 is 1.43 bits per heavy atom. The lowest BCUT2D eigenvalue weighted by Gasteiger charge is -2.05. The molecule has 10 nitrogen and oxygen atoms in total. The molecule has 3 aromatic heterocycles. The minimum absolute atomic E-state index is 0.140. The molecule has 0 unspecified atom stereocenters. The van der Waals surface area contributed by atoms with Gasteiger partial charge in [-0.15, -0.1) is 9.78 Å². The molecule has 21 heavy (non-hydrogen) atoms. The highest BCUT2D eigenvalue weighted by atomic mass is 127. The van der Waals surface area contributed by atoms with Crippen LogP contribution < -0.4 is 10.4 Å². The molecular formula is C10H11IN8O2. The molecular weight excluding hydrogens is 391 g/mol. The number of nitrogens with one attached hydrogen (secondary N) is 1. The van der Waals surface area contributed by atoms with E-state index in [4.69, 9.17) is 6.15 Å². The number of aryl methyl sites for hydroxylation is 2. The van der Waals surface area contributed by atoms with Crippen LogP contribution in [0.4, 0.5) is 0 Å². The molecule has 0 aromatic carbocycles. The maximum Gasteiger partial charge on any atom is 0.369 e. The molecule has 0 radical (unpaired) electrons. The van der Waals surface area contributed by atoms with Crippen LogP contribution in [0.25, 0.3) is 5.82 Å². The zero-order chi connectivity index (χ0) is 15.9. The standard InChI is InChI=1S/C10H11IN8O2/c1-17-9(19-10(20)18(2)15-16-19)6(8(11)14-17)5-21-7-3-4-12-13-7/h3-4H,5H2,1-2H3,(H,12,13)/i/hT. The van der Waals surface area contributed by atoms with Gasteiger partial charge in [0.25, 0.3) is 0 Å². The highest BCUT2D eigenvalue weighted by Crippen LogP contribution is 2.20. The van der Waals surface area contributed by atoms with E-state index in [-0.39, 0.29) is 12.3 Å². The second kappa shape index (κ2) is 5.31. The van der Waals surface area contributed by atoms with Crippen molar-refractivity contribution in [2.75, 3.05) is 0 Å². The van der Waals surface area contributed by atoms with Gasteiger partial charge in [-0.25, -0.2) is 9.48 Å². The van der Waals surface area contributed by atoms with Crippen LogP contribution in [0.3, 0.4) is 0 Å². The molecule has 0 aliphatic heterocycles. The predicted molar refractivity (Wildman–Crippen MR) is 79.0 cm³/mol. The first kappa shape index (κ1) is 12.6. The Balaban J connectivity index is 1.97. The lowest BCUT2D eigenvalue weighted by Crippen LogP contribution is -2.24. The fraction of sp³-hybridized carbons (Fsp3) is 0.300. The van der Waals surface area contributed by atoms with E-state index >= 15 is 0 Å². The third-order valence-electron chi connectivity index (χ3n) is 2.79. The summed E-state index contributed by atoms with van der Waals surface area (Å²) in [5.74, 6) is 0.792. The maximum absolute atomic E-state index is 12.0. The van der Waals surface area contributed by atoms with Crippen molar-refractivity contribution in [1.29, 1.82) is 0 Å². The number of hydrogen-bond donors (Lipinski definition) is 1. The van der Waals surface area contributed by atoms with Gasteiger partial charge in [0.15, 0.2) is 7.23 Å². The Kier molecular flexibility index (Phi) is 3.17. The van der Waals surface area contributed by atoms with Crippen molar-refractivity contribution in [2.45, 2.75) is 6.61 Å². The molecule has 11 heteroatoms. The van der Waals surface area contributed by atoms with E-state index in [1.165, 1.54) is 13.2 Å². The number of rotatable bonds is 4. The summed E-state index contributed by atoms with van der Waals surface area (Å²) in [5.41, 5.74) is 0.307. The van der Waals surface area contributed by atoms with Gasteiger partial charge in [0, 0.05) is 26.4 Å². The fourth-order valence-electron chi connectivity index (χ4n) is 1.81. The number of H-pyrrole nitrogens is 1. The normalized spacial score (nSPS) is 11.7. The number of tetrazole rings is 1. The van der Waals surface area contributed by atoms with Gasteiger partial charge in [-0.05, 0) is 33.0 Å². The van der Waals surface area contributed by atoms with Crippen molar-refractivity contribution in [1.82, 2.24) is 39.8 Å². The quantitative estimate of drug-likeness (QED) is 0.594. The fourth-order valence-corrected chi connectivity index (χ4v) is 2.53. The van der Waals surface area contributed by atoms with Crippen molar-refractivity contribution >= 4 is 22.6 Å². The third kappa shape index (κ3) is 2.43. The summed E-state index contributed by atoms with van der Waals surface area (Å²) in [6.45, 7) is 0.140. The molecule has 0 atom stereocenters. The summed E-state index contributed by atoms with van der Waals surface area (Å²) in [6.07, 6.45) is 1.46. The molecule has 0 amide bonds. The summed E-state index contributed by atoms with van der Waals surface area (Å²) >= 11 is 2.06. The number of aromatic nitrogens is 8. The first-order chi connectivity index (χ1) is 10.5. The molecule has 3 aromatic rings. The topological polar surface area (TPSA) is 108 Å². The van der Waals surface area contributed by atoms with E-state index in [1.807, 2.05) is 0 Å². The van der Waals surface area contributed by atoms with Gasteiger partial charge in [0.05, 0.1) is 5.56 Å². The van der Waals surface area contributed by atoms with Crippen LogP contribution in [0.5, 0.6) is 5.88 Å². The Morgan fingerprint density at radius 2 is 2.24 bits per heavy atom. The molecule has 0 saturated heterocycles. The van der Waals surface area contributed by atoms with Crippen LogP contribution in [-0.2, 0) is 20.7 Å². The van der Waals surface area contributed by atoms with E-state index in [1.54, 1.807) is 17.8 Å². The molecule has 0 spiro atoms. The minimum atomic E-state index is -0.379. The number of hydrogen-bond acceptors (Lipinski definition) is 6. The van der Waals surface area contributed by atoms with Gasteiger partial charge in [-0.1, -0.05) is 0 Å². The summed E-state index contributed by atoms with van der Waals surface area (Å²) in [7, 11) is 3.23. The summed E-state index contributed by atoms with van der Waals surface area (Å²) < 4.78 is 17.3. The maximum atomic E-state index is 12.0. The van der Waals surface area contributed by atoms with Crippen LogP contribution in [0.1, 0.15) is 5.56 Å². The van der Waals surface area contributed by atoms with E-state index in [0.717, 1.165) is 14.5 Å². The average Bonchev–Trinajstić information content (AvgIpc) is 3.09. The highest BCUT2D eigenvalue weighted by Gasteiger charge is 2.20. The van der Waals surface area contributed by atoms with E-state index < -0.39 is 0 Å². The van der Waals surface area contributed by atoms with Crippen molar-refractivity contribution in [3.63, 3.8) is 0 Å². The molecule has 3 rings (SSSR count). The Hall–Kier alpha value is -2.18. The van der Waals surface area contributed by atoms with Crippen molar-refractivity contribution in [3.05, 3.63) is 32.0 Å². The van der Waals surface area contributed by atoms with Crippen molar-refractivity contribution < 1.29 is 6.15 Å². The SMILES string of the molecule is [3H]n1ccc(OCc2c(I)nn(C)c2-n2nnn(C)c2=O)n1. The molecule has 0 aliphatic rings. The van der Waals surface area contributed by atoms with Crippen LogP contribution in [0, 0.1) is 3.70 Å². The van der Waals surface area contributed by atoms with E-state index in [0.29, 0.717) is 21.0 Å². The molecule has 0 bridgehead atoms. The van der Waals surface area contributed by atoms with Crippen LogP contribution in [0.2, 0.25) is 1.41 Å². The first-order valence-electron chi connectivity index (χ1n) is 6.30. The number of halogens is 1. The van der Waals surface area contributed by atoms with E-state index in [2.05, 4.69) is 43.2 Å². The number of ether oxygens (including phenoxy) is 1. The van der Waals surface area contributed by atoms with E-state index in [9.17, 15) is 4.79 Å². The van der Waals surface area contributed by atoms with Crippen LogP contribution in [-0.4, -0.2) is 39.8 Å². The molecule has 1 N–H and O–H groups in total. The highest BCUT2D eigenvalue weighted by molar-refractivity contribution is 14.1. The average molecular weight is 404 g/mol. The summed E-state index contributed by atoms with van der Waals surface area (Å²) in [4.78, 5) is 12.0. The van der Waals surface area contributed by atoms with Gasteiger partial charge in [-0.3, -0.25) is 5.09 Å². The smallest absolute Gasteiger partial charge is 0.369 e. The number of aromatic amines is 1. The predicted octanol–water partition coefficient (Wildman–Crippen LogP) is -0.394. The van der Waals surface area contributed by atoms with Gasteiger partial charge >= 0.3 is 5.69 Å². The Labute approximate surface area is 133 Å². The van der Waals surface area contributed by atoms with Crippen molar-refractivity contribution in [2.24, 2.45) is 14.1 Å². The van der Waals surface area contributed by atoms with Gasteiger partial charge in [0.2, 0.25) is 5.88 Å². The summed E-state index contributed by atoms with van der Waals surface area (Å²) in [5, 5.41) is 16.5. The van der Waals surface area contributed by atoms with Gasteiger partial charge in [-0.2, -0.15) is 9.78 Å². The summed E-state index contributed by atoms with van der Waals surface area (Å²) in [6, 6.07) is 1.57. The second-order valence-electron chi connectivity index (χ2n) is 4.17. The molecule has 0 fully saturated rings. The Bertz CT molecular complexity index is 878. The lowest BCUT2D eigenvalue weighted by molar-refractivity contribution is 0.292. The minimum Gasteiger partial charge on any atom is -0.471 e. The van der Waals surface area contributed by atoms with Gasteiger partial charge < -0.3 is 4.74 Å². The largest absolute Gasteiger partial charge is 0.471 e. The Morgan fingerprint density at radius 3 is 2.86 bits per heavy atom. The molecule has 110 valence electrons. The van der Waals surface area contributed by atoms with Gasteiger partial charge in [0.1, 0.15) is 10.3 Å². The monoisotopic (exact) mass is 404 g/mol. The molecule has 0 aliphatic carbocycles. The van der Waals surface area contributed by atoms with Crippen LogP contribution >= 0.6 is 22.6 Å². The van der Waals surface area contributed by atoms with Crippen LogP contribution in [0.15, 0.2) is 17.1 Å². The lowest BCUT2D eigenvalue weighted by atomic mass is 10.3. The number of nitrogens with zero attached hydrogens (tertiary/aromatic N) is 7. The zero-order valence-electron chi connectivity index (χ0n) is 12.1. The van der Waals surface area contributed by atoms with Crippen molar-refractivity contribution in [3.8, 4) is 11.7 Å². The molecule has 3 heterocycles. The zero-order valence-corrected chi connectivity index (χ0v) is 13.3. The third-order valence-corrected chi connectivity index (χ3v) is 3.66. The second-order valence-corrected chi connectivity index (χ2v) is 5.19.